The molecule has 1 aromatic carbocycles. The van der Waals surface area contributed by atoms with E-state index in [-0.39, 0.29) is 0 Å². The van der Waals surface area contributed by atoms with Crippen LogP contribution < -0.4 is 5.73 Å². The third-order valence-corrected chi connectivity index (χ3v) is 2.75. The van der Waals surface area contributed by atoms with Gasteiger partial charge in [0.2, 0.25) is 0 Å². The first kappa shape index (κ1) is 7.98. The van der Waals surface area contributed by atoms with Gasteiger partial charge in [-0.05, 0) is 17.7 Å². The first-order chi connectivity index (χ1) is 5.81. The van der Waals surface area contributed by atoms with Crippen LogP contribution in [0.5, 0.6) is 0 Å². The summed E-state index contributed by atoms with van der Waals surface area (Å²) < 4.78 is 1.10. The van der Waals surface area contributed by atoms with Crippen molar-refractivity contribution in [3.8, 4) is 0 Å². The Balaban J connectivity index is 2.75. The monoisotopic (exact) mass is 198 g/mol. The van der Waals surface area contributed by atoms with Crippen molar-refractivity contribution in [2.24, 2.45) is 5.73 Å². The highest BCUT2D eigenvalue weighted by molar-refractivity contribution is 7.16. The van der Waals surface area contributed by atoms with Gasteiger partial charge in [0.1, 0.15) is 0 Å². The van der Waals surface area contributed by atoms with Crippen molar-refractivity contribution in [2.75, 3.05) is 0 Å². The van der Waals surface area contributed by atoms with E-state index in [0.717, 1.165) is 15.8 Å². The molecule has 0 unspecified atom stereocenters. The van der Waals surface area contributed by atoms with E-state index in [1.165, 1.54) is 0 Å². The second-order valence-corrected chi connectivity index (χ2v) is 3.77. The predicted molar refractivity (Wildman–Crippen MR) is 52.5 cm³/mol. The second-order valence-electron chi connectivity index (χ2n) is 2.48. The number of fused-ring (bicyclic) bond motifs is 1. The van der Waals surface area contributed by atoms with Gasteiger partial charge in [-0.25, -0.2) is 4.98 Å². The lowest BCUT2D eigenvalue weighted by molar-refractivity contribution is 1.08. The summed E-state index contributed by atoms with van der Waals surface area (Å²) in [6.07, 6.45) is 0. The average molecular weight is 199 g/mol. The highest BCUT2D eigenvalue weighted by Crippen LogP contribution is 2.26. The molecule has 2 nitrogen and oxygen atoms in total. The molecule has 0 radical (unpaired) electrons. The molecule has 0 fully saturated rings. The van der Waals surface area contributed by atoms with Gasteiger partial charge in [-0.2, -0.15) is 0 Å². The molecular formula is C8H7ClN2S. The smallest absolute Gasteiger partial charge is 0.0998 e. The van der Waals surface area contributed by atoms with Crippen molar-refractivity contribution < 1.29 is 0 Å². The van der Waals surface area contributed by atoms with Crippen molar-refractivity contribution in [3.05, 3.63) is 28.2 Å². The first-order valence-electron chi connectivity index (χ1n) is 3.53. The maximum Gasteiger partial charge on any atom is 0.0998 e. The third kappa shape index (κ3) is 1.20. The van der Waals surface area contributed by atoms with Crippen molar-refractivity contribution in [2.45, 2.75) is 6.54 Å². The molecule has 62 valence electrons. The van der Waals surface area contributed by atoms with Gasteiger partial charge in [-0.3, -0.25) is 0 Å². The van der Waals surface area contributed by atoms with Crippen LogP contribution in [0.1, 0.15) is 5.56 Å². The van der Waals surface area contributed by atoms with Gasteiger partial charge >= 0.3 is 0 Å². The number of thiazole rings is 1. The minimum absolute atomic E-state index is 0.521. The molecule has 0 aliphatic rings. The standard InChI is InChI=1S/C8H7ClN2S/c9-6-1-5(3-10)2-7-8(6)11-4-12-7/h1-2,4H,3,10H2. The highest BCUT2D eigenvalue weighted by atomic mass is 35.5. The Kier molecular flexibility index (Phi) is 2.00. The van der Waals surface area contributed by atoms with E-state index in [4.69, 9.17) is 17.3 Å². The zero-order valence-corrected chi connectivity index (χ0v) is 7.82. The quantitative estimate of drug-likeness (QED) is 0.765. The summed E-state index contributed by atoms with van der Waals surface area (Å²) in [7, 11) is 0. The molecule has 2 rings (SSSR count). The fourth-order valence-electron chi connectivity index (χ4n) is 1.10. The van der Waals surface area contributed by atoms with Gasteiger partial charge in [0.15, 0.2) is 0 Å². The summed E-state index contributed by atoms with van der Waals surface area (Å²) in [4.78, 5) is 4.14. The minimum Gasteiger partial charge on any atom is -0.326 e. The fraction of sp³-hybridized carbons (Fsp3) is 0.125. The van der Waals surface area contributed by atoms with Crippen LogP contribution in [0.15, 0.2) is 17.6 Å². The van der Waals surface area contributed by atoms with Gasteiger partial charge in [-0.15, -0.1) is 11.3 Å². The van der Waals surface area contributed by atoms with E-state index < -0.39 is 0 Å². The number of hydrogen-bond acceptors (Lipinski definition) is 3. The molecule has 0 amide bonds. The lowest BCUT2D eigenvalue weighted by Crippen LogP contribution is -1.95. The van der Waals surface area contributed by atoms with Crippen LogP contribution >= 0.6 is 22.9 Å². The molecule has 0 atom stereocenters. The lowest BCUT2D eigenvalue weighted by Gasteiger charge is -1.97. The van der Waals surface area contributed by atoms with Crippen molar-refractivity contribution >= 4 is 33.2 Å². The molecule has 2 aromatic rings. The van der Waals surface area contributed by atoms with Gasteiger partial charge in [0.25, 0.3) is 0 Å². The number of aromatic nitrogens is 1. The fourth-order valence-corrected chi connectivity index (χ4v) is 2.21. The predicted octanol–water partition coefficient (Wildman–Crippen LogP) is 2.41. The summed E-state index contributed by atoms with van der Waals surface area (Å²) in [5, 5.41) is 0.689. The van der Waals surface area contributed by atoms with Crippen molar-refractivity contribution in [1.29, 1.82) is 0 Å². The minimum atomic E-state index is 0.521. The summed E-state index contributed by atoms with van der Waals surface area (Å²) in [6.45, 7) is 0.521. The molecule has 4 heteroatoms. The SMILES string of the molecule is NCc1cc(Cl)c2ncsc2c1. The number of rotatable bonds is 1. The van der Waals surface area contributed by atoms with E-state index in [2.05, 4.69) is 4.98 Å². The first-order valence-corrected chi connectivity index (χ1v) is 4.78. The Morgan fingerprint density at radius 1 is 1.50 bits per heavy atom. The Labute approximate surface area is 79.0 Å². The number of nitrogens with zero attached hydrogens (tertiary/aromatic N) is 1. The largest absolute Gasteiger partial charge is 0.326 e. The molecule has 0 aliphatic heterocycles. The van der Waals surface area contributed by atoms with Crippen LogP contribution in [-0.4, -0.2) is 4.98 Å². The maximum absolute atomic E-state index is 5.97. The molecule has 0 saturated heterocycles. The molecule has 0 spiro atoms. The van der Waals surface area contributed by atoms with E-state index in [0.29, 0.717) is 11.6 Å². The molecule has 0 saturated carbocycles. The average Bonchev–Trinajstić information content (AvgIpc) is 2.52. The molecular weight excluding hydrogens is 192 g/mol. The maximum atomic E-state index is 5.97. The molecule has 12 heavy (non-hydrogen) atoms. The summed E-state index contributed by atoms with van der Waals surface area (Å²) in [5.41, 5.74) is 9.22. The van der Waals surface area contributed by atoms with Gasteiger partial charge < -0.3 is 5.73 Å². The van der Waals surface area contributed by atoms with Crippen LogP contribution in [0.25, 0.3) is 10.2 Å². The van der Waals surface area contributed by atoms with E-state index >= 15 is 0 Å². The van der Waals surface area contributed by atoms with Gasteiger partial charge in [0, 0.05) is 6.54 Å². The van der Waals surface area contributed by atoms with Gasteiger partial charge in [-0.1, -0.05) is 11.6 Å². The van der Waals surface area contributed by atoms with Crippen molar-refractivity contribution in [1.82, 2.24) is 4.98 Å². The Hall–Kier alpha value is -0.640. The number of nitrogens with two attached hydrogens (primary N) is 1. The van der Waals surface area contributed by atoms with Crippen LogP contribution in [0.2, 0.25) is 5.02 Å². The Morgan fingerprint density at radius 3 is 3.08 bits per heavy atom. The Bertz CT molecular complexity index is 410. The molecule has 1 heterocycles. The zero-order valence-electron chi connectivity index (χ0n) is 6.25. The van der Waals surface area contributed by atoms with Crippen LogP contribution in [0, 0.1) is 0 Å². The zero-order chi connectivity index (χ0) is 8.55. The van der Waals surface area contributed by atoms with Crippen molar-refractivity contribution in [3.63, 3.8) is 0 Å². The van der Waals surface area contributed by atoms with E-state index in [9.17, 15) is 0 Å². The van der Waals surface area contributed by atoms with E-state index in [1.807, 2.05) is 12.1 Å². The topological polar surface area (TPSA) is 38.9 Å². The van der Waals surface area contributed by atoms with E-state index in [1.54, 1.807) is 16.8 Å². The molecule has 0 bridgehead atoms. The lowest BCUT2D eigenvalue weighted by atomic mass is 10.2. The molecule has 0 aliphatic carbocycles. The summed E-state index contributed by atoms with van der Waals surface area (Å²) >= 11 is 7.55. The third-order valence-electron chi connectivity index (χ3n) is 1.69. The number of hydrogen-bond donors (Lipinski definition) is 1. The van der Waals surface area contributed by atoms with Crippen LogP contribution in [-0.2, 0) is 6.54 Å². The molecule has 1 aromatic heterocycles. The van der Waals surface area contributed by atoms with Gasteiger partial charge in [0.05, 0.1) is 20.7 Å². The second kappa shape index (κ2) is 3.01. The number of halogens is 1. The normalized spacial score (nSPS) is 10.8. The summed E-state index contributed by atoms with van der Waals surface area (Å²) in [5.74, 6) is 0. The van der Waals surface area contributed by atoms with Crippen LogP contribution in [0.4, 0.5) is 0 Å². The molecule has 2 N–H and O–H groups in total. The Morgan fingerprint density at radius 2 is 2.33 bits per heavy atom. The highest BCUT2D eigenvalue weighted by Gasteiger charge is 2.03. The van der Waals surface area contributed by atoms with Crippen LogP contribution in [0.3, 0.4) is 0 Å². The number of benzene rings is 1. The summed E-state index contributed by atoms with van der Waals surface area (Å²) in [6, 6.07) is 3.89.